The largest absolute Gasteiger partial charge is 0.493 e. The third-order valence-electron chi connectivity index (χ3n) is 3.70. The van der Waals surface area contributed by atoms with Crippen molar-refractivity contribution in [2.75, 3.05) is 12.4 Å². The van der Waals surface area contributed by atoms with Crippen molar-refractivity contribution in [3.8, 4) is 5.75 Å². The average molecular weight is 312 g/mol. The van der Waals surface area contributed by atoms with Gasteiger partial charge in [0.1, 0.15) is 5.75 Å². The van der Waals surface area contributed by atoms with Crippen molar-refractivity contribution in [2.24, 2.45) is 5.92 Å². The van der Waals surface area contributed by atoms with Crippen LogP contribution in [0.2, 0.25) is 0 Å². The molecule has 2 aromatic rings. The summed E-state index contributed by atoms with van der Waals surface area (Å²) in [7, 11) is 0. The highest BCUT2D eigenvalue weighted by Crippen LogP contribution is 2.33. The molecule has 0 atom stereocenters. The van der Waals surface area contributed by atoms with Gasteiger partial charge in [-0.15, -0.1) is 11.8 Å². The van der Waals surface area contributed by atoms with E-state index < -0.39 is 0 Å². The van der Waals surface area contributed by atoms with Crippen molar-refractivity contribution in [1.82, 2.24) is 0 Å². The second-order valence-electron chi connectivity index (χ2n) is 5.68. The van der Waals surface area contributed by atoms with Crippen LogP contribution in [0.1, 0.15) is 28.8 Å². The van der Waals surface area contributed by atoms with E-state index in [1.165, 1.54) is 10.5 Å². The lowest BCUT2D eigenvalue weighted by Gasteiger charge is -2.07. The number of ketones is 1. The van der Waals surface area contributed by atoms with Crippen LogP contribution in [-0.4, -0.2) is 18.1 Å². The fourth-order valence-corrected chi connectivity index (χ4v) is 3.05. The van der Waals surface area contributed by atoms with Gasteiger partial charge in [-0.2, -0.15) is 0 Å². The minimum atomic E-state index is 0.293. The third-order valence-corrected chi connectivity index (χ3v) is 4.67. The standard InChI is InChI=1S/C19H20O2S/c1-14-3-2-4-17(13-14)21-11-12-22-18-9-7-16(8-10-18)19(20)15-5-6-15/h2-4,7-10,13,15H,5-6,11-12H2,1H3. The Hall–Kier alpha value is -1.74. The van der Waals surface area contributed by atoms with Crippen LogP contribution < -0.4 is 4.74 Å². The highest BCUT2D eigenvalue weighted by atomic mass is 32.2. The molecule has 3 rings (SSSR count). The first-order chi connectivity index (χ1) is 10.7. The molecule has 3 heteroatoms. The lowest BCUT2D eigenvalue weighted by atomic mass is 10.1. The Kier molecular flexibility index (Phi) is 4.84. The second kappa shape index (κ2) is 7.01. The second-order valence-corrected chi connectivity index (χ2v) is 6.84. The fraction of sp³-hybridized carbons (Fsp3) is 0.316. The van der Waals surface area contributed by atoms with Crippen LogP contribution in [0.25, 0.3) is 0 Å². The number of carbonyl (C=O) groups is 1. The predicted molar refractivity (Wildman–Crippen MR) is 90.9 cm³/mol. The first kappa shape index (κ1) is 15.2. The highest BCUT2D eigenvalue weighted by Gasteiger charge is 2.30. The normalized spacial score (nSPS) is 13.9. The fourth-order valence-electron chi connectivity index (χ4n) is 2.32. The quantitative estimate of drug-likeness (QED) is 0.419. The third kappa shape index (κ3) is 4.14. The van der Waals surface area contributed by atoms with Gasteiger partial charge >= 0.3 is 0 Å². The predicted octanol–water partition coefficient (Wildman–Crippen LogP) is 4.76. The van der Waals surface area contributed by atoms with Gasteiger partial charge in [-0.1, -0.05) is 24.3 Å². The van der Waals surface area contributed by atoms with E-state index in [1.54, 1.807) is 11.8 Å². The summed E-state index contributed by atoms with van der Waals surface area (Å²) in [5, 5.41) is 0. The van der Waals surface area contributed by atoms with Gasteiger partial charge in [-0.3, -0.25) is 4.79 Å². The molecule has 0 bridgehead atoms. The van der Waals surface area contributed by atoms with Gasteiger partial charge in [-0.05, 0) is 49.6 Å². The zero-order valence-electron chi connectivity index (χ0n) is 12.7. The van der Waals surface area contributed by atoms with Gasteiger partial charge in [0.2, 0.25) is 0 Å². The van der Waals surface area contributed by atoms with E-state index in [0.29, 0.717) is 18.3 Å². The van der Waals surface area contributed by atoms with E-state index in [-0.39, 0.29) is 0 Å². The Labute approximate surface area is 135 Å². The average Bonchev–Trinajstić information content (AvgIpc) is 3.36. The van der Waals surface area contributed by atoms with E-state index in [0.717, 1.165) is 29.9 Å². The van der Waals surface area contributed by atoms with Crippen LogP contribution >= 0.6 is 11.8 Å². The molecule has 1 fully saturated rings. The van der Waals surface area contributed by atoms with Gasteiger partial charge < -0.3 is 4.74 Å². The molecule has 0 radical (unpaired) electrons. The molecule has 22 heavy (non-hydrogen) atoms. The molecule has 0 unspecified atom stereocenters. The van der Waals surface area contributed by atoms with Crippen LogP contribution in [0, 0.1) is 12.8 Å². The maximum atomic E-state index is 11.9. The summed E-state index contributed by atoms with van der Waals surface area (Å²) in [5.74, 6) is 2.41. The molecule has 1 aliphatic carbocycles. The summed E-state index contributed by atoms with van der Waals surface area (Å²) in [6.07, 6.45) is 2.12. The highest BCUT2D eigenvalue weighted by molar-refractivity contribution is 7.99. The summed E-state index contributed by atoms with van der Waals surface area (Å²) in [6, 6.07) is 16.1. The molecular formula is C19H20O2S. The molecule has 2 nitrogen and oxygen atoms in total. The lowest BCUT2D eigenvalue weighted by molar-refractivity contribution is 0.0967. The van der Waals surface area contributed by atoms with Crippen LogP contribution in [-0.2, 0) is 0 Å². The number of benzene rings is 2. The Balaban J connectivity index is 1.44. The van der Waals surface area contributed by atoms with Crippen molar-refractivity contribution >= 4 is 17.5 Å². The van der Waals surface area contributed by atoms with E-state index in [2.05, 4.69) is 13.0 Å². The topological polar surface area (TPSA) is 26.3 Å². The minimum Gasteiger partial charge on any atom is -0.493 e. The molecule has 0 N–H and O–H groups in total. The van der Waals surface area contributed by atoms with Gasteiger partial charge in [0.15, 0.2) is 5.78 Å². The Bertz CT molecular complexity index is 645. The SMILES string of the molecule is Cc1cccc(OCCSc2ccc(C(=O)C3CC3)cc2)c1. The number of carbonyl (C=O) groups excluding carboxylic acids is 1. The van der Waals surface area contributed by atoms with E-state index in [4.69, 9.17) is 4.74 Å². The summed E-state index contributed by atoms with van der Waals surface area (Å²) in [6.45, 7) is 2.74. The molecule has 0 saturated heterocycles. The molecule has 1 aliphatic rings. The van der Waals surface area contributed by atoms with E-state index in [1.807, 2.05) is 42.5 Å². The maximum Gasteiger partial charge on any atom is 0.165 e. The molecule has 0 heterocycles. The van der Waals surface area contributed by atoms with E-state index >= 15 is 0 Å². The maximum absolute atomic E-state index is 11.9. The Morgan fingerprint density at radius 3 is 2.64 bits per heavy atom. The number of hydrogen-bond acceptors (Lipinski definition) is 3. The van der Waals surface area contributed by atoms with Gasteiger partial charge in [0.25, 0.3) is 0 Å². The molecular weight excluding hydrogens is 292 g/mol. The number of hydrogen-bond donors (Lipinski definition) is 0. The van der Waals surface area contributed by atoms with Crippen LogP contribution in [0.15, 0.2) is 53.4 Å². The van der Waals surface area contributed by atoms with Gasteiger partial charge in [0.05, 0.1) is 6.61 Å². The van der Waals surface area contributed by atoms with Crippen LogP contribution in [0.3, 0.4) is 0 Å². The van der Waals surface area contributed by atoms with Gasteiger partial charge in [-0.25, -0.2) is 0 Å². The smallest absolute Gasteiger partial charge is 0.165 e. The first-order valence-electron chi connectivity index (χ1n) is 7.69. The summed E-state index contributed by atoms with van der Waals surface area (Å²) >= 11 is 1.75. The number of rotatable bonds is 7. The molecule has 1 saturated carbocycles. The molecule has 0 spiro atoms. The van der Waals surface area contributed by atoms with Gasteiger partial charge in [0, 0.05) is 22.1 Å². The Morgan fingerprint density at radius 1 is 1.18 bits per heavy atom. The monoisotopic (exact) mass is 312 g/mol. The number of thioether (sulfide) groups is 1. The van der Waals surface area contributed by atoms with Crippen LogP contribution in [0.5, 0.6) is 5.75 Å². The Morgan fingerprint density at radius 2 is 1.95 bits per heavy atom. The van der Waals surface area contributed by atoms with Crippen molar-refractivity contribution in [1.29, 1.82) is 0 Å². The number of aryl methyl sites for hydroxylation is 1. The van der Waals surface area contributed by atoms with E-state index in [9.17, 15) is 4.79 Å². The van der Waals surface area contributed by atoms with Crippen molar-refractivity contribution < 1.29 is 9.53 Å². The molecule has 114 valence electrons. The summed E-state index contributed by atoms with van der Waals surface area (Å²) in [4.78, 5) is 13.1. The number of ether oxygens (including phenoxy) is 1. The molecule has 2 aromatic carbocycles. The van der Waals surface area contributed by atoms with Crippen molar-refractivity contribution in [3.63, 3.8) is 0 Å². The minimum absolute atomic E-state index is 0.293. The number of Topliss-reactive ketones (excluding diaryl/α,β-unsaturated/α-hetero) is 1. The molecule has 0 aliphatic heterocycles. The van der Waals surface area contributed by atoms with Crippen LogP contribution in [0.4, 0.5) is 0 Å². The zero-order chi connectivity index (χ0) is 15.4. The first-order valence-corrected chi connectivity index (χ1v) is 8.67. The summed E-state index contributed by atoms with van der Waals surface area (Å²) in [5.41, 5.74) is 2.06. The summed E-state index contributed by atoms with van der Waals surface area (Å²) < 4.78 is 5.74. The molecule has 0 amide bonds. The van der Waals surface area contributed by atoms with Crippen molar-refractivity contribution in [3.05, 3.63) is 59.7 Å². The van der Waals surface area contributed by atoms with Crippen molar-refractivity contribution in [2.45, 2.75) is 24.7 Å². The molecule has 0 aromatic heterocycles. The zero-order valence-corrected chi connectivity index (χ0v) is 13.6. The lowest BCUT2D eigenvalue weighted by Crippen LogP contribution is -2.01.